The number of hydrogen-bond acceptors (Lipinski definition) is 7. The maximum absolute atomic E-state index is 13.9. The van der Waals surface area contributed by atoms with E-state index in [1.54, 1.807) is 37.3 Å². The number of benzene rings is 2. The highest BCUT2D eigenvalue weighted by Crippen LogP contribution is 2.38. The fourth-order valence-electron chi connectivity index (χ4n) is 5.08. The Hall–Kier alpha value is -4.44. The van der Waals surface area contributed by atoms with E-state index < -0.39 is 47.6 Å². The second kappa shape index (κ2) is 14.1. The van der Waals surface area contributed by atoms with E-state index in [9.17, 15) is 35.9 Å². The summed E-state index contributed by atoms with van der Waals surface area (Å²) in [5, 5.41) is 2.15. The highest BCUT2D eigenvalue weighted by atomic mass is 19.4. The van der Waals surface area contributed by atoms with Gasteiger partial charge in [-0.25, -0.2) is 4.79 Å². The summed E-state index contributed by atoms with van der Waals surface area (Å²) in [6, 6.07) is 8.34. The van der Waals surface area contributed by atoms with Gasteiger partial charge in [-0.3, -0.25) is 9.69 Å². The molecule has 3 aromatic rings. The molecule has 47 heavy (non-hydrogen) atoms. The quantitative estimate of drug-likeness (QED) is 0.275. The molecule has 2 aliphatic heterocycles. The second-order valence-electron chi connectivity index (χ2n) is 11.1. The van der Waals surface area contributed by atoms with Crippen molar-refractivity contribution in [3.8, 4) is 11.5 Å². The first-order chi connectivity index (χ1) is 22.2. The Morgan fingerprint density at radius 1 is 0.851 bits per heavy atom. The van der Waals surface area contributed by atoms with Crippen LogP contribution in [-0.2, 0) is 35.0 Å². The molecule has 3 heterocycles. The van der Waals surface area contributed by atoms with Crippen molar-refractivity contribution in [1.82, 2.24) is 14.7 Å². The van der Waals surface area contributed by atoms with Crippen molar-refractivity contribution in [1.29, 1.82) is 0 Å². The van der Waals surface area contributed by atoms with Gasteiger partial charge in [0.25, 0.3) is 0 Å². The third-order valence-corrected chi connectivity index (χ3v) is 7.55. The summed E-state index contributed by atoms with van der Waals surface area (Å²) in [5.74, 6) is 1.57. The van der Waals surface area contributed by atoms with Gasteiger partial charge < -0.3 is 33.7 Å². The molecular formula is C31H32F6N4O6. The Morgan fingerprint density at radius 3 is 2.17 bits per heavy atom. The fourth-order valence-corrected chi connectivity index (χ4v) is 5.08. The van der Waals surface area contributed by atoms with Crippen LogP contribution in [-0.4, -0.2) is 79.4 Å². The summed E-state index contributed by atoms with van der Waals surface area (Å²) in [6.07, 6.45) is -10.2. The zero-order valence-corrected chi connectivity index (χ0v) is 25.2. The van der Waals surface area contributed by atoms with Crippen LogP contribution in [0.5, 0.6) is 11.5 Å². The predicted octanol–water partition coefficient (Wildman–Crippen LogP) is 5.75. The number of hydrogen-bond donors (Lipinski definition) is 1. The van der Waals surface area contributed by atoms with Crippen molar-refractivity contribution in [2.75, 3.05) is 58.0 Å². The molecule has 2 aliphatic rings. The van der Waals surface area contributed by atoms with Gasteiger partial charge in [-0.2, -0.15) is 26.3 Å². The number of nitrogens with one attached hydrogen (secondary N) is 1. The summed E-state index contributed by atoms with van der Waals surface area (Å²) < 4.78 is 103. The molecule has 1 aromatic heterocycles. The number of carbonyl (C=O) groups is 2. The van der Waals surface area contributed by atoms with Crippen molar-refractivity contribution in [3.63, 3.8) is 0 Å². The van der Waals surface area contributed by atoms with Crippen LogP contribution in [0.1, 0.15) is 28.2 Å². The van der Waals surface area contributed by atoms with Gasteiger partial charge in [0.15, 0.2) is 11.5 Å². The molecule has 16 heteroatoms. The molecule has 1 saturated heterocycles. The number of furan rings is 1. The first kappa shape index (κ1) is 33.9. The Kier molecular flexibility index (Phi) is 10.2. The molecule has 2 aromatic carbocycles. The van der Waals surface area contributed by atoms with Crippen LogP contribution >= 0.6 is 0 Å². The lowest BCUT2D eigenvalue weighted by atomic mass is 10.1. The van der Waals surface area contributed by atoms with Crippen molar-refractivity contribution >= 4 is 17.6 Å². The molecule has 5 rings (SSSR count). The molecule has 254 valence electrons. The zero-order chi connectivity index (χ0) is 33.8. The molecule has 0 spiro atoms. The van der Waals surface area contributed by atoms with Gasteiger partial charge in [-0.1, -0.05) is 6.07 Å². The van der Waals surface area contributed by atoms with Gasteiger partial charge in [-0.05, 0) is 55.0 Å². The summed E-state index contributed by atoms with van der Waals surface area (Å²) in [6.45, 7) is 3.54. The molecule has 10 nitrogen and oxygen atoms in total. The topological polar surface area (TPSA) is 96.7 Å². The SMILES string of the molecule is Cc1ccc(CN(Cc2ccc3c(c2)OCO3)C(=O)CN(CCN2CCOCC2)C(=O)Nc2cc(C(F)(F)F)cc(C(F)(F)F)c2)o1. The maximum Gasteiger partial charge on any atom is 0.416 e. The third-order valence-electron chi connectivity index (χ3n) is 7.55. The number of fused-ring (bicyclic) bond motifs is 1. The second-order valence-corrected chi connectivity index (χ2v) is 11.1. The van der Waals surface area contributed by atoms with Crippen LogP contribution in [0.25, 0.3) is 0 Å². The van der Waals surface area contributed by atoms with Crippen molar-refractivity contribution in [3.05, 3.63) is 76.7 Å². The smallest absolute Gasteiger partial charge is 0.416 e. The van der Waals surface area contributed by atoms with E-state index in [4.69, 9.17) is 18.6 Å². The fraction of sp³-hybridized carbons (Fsp3) is 0.419. The average molecular weight is 671 g/mol. The van der Waals surface area contributed by atoms with Crippen LogP contribution in [0.15, 0.2) is 52.9 Å². The number of alkyl halides is 6. The van der Waals surface area contributed by atoms with Gasteiger partial charge in [-0.15, -0.1) is 0 Å². The number of halogens is 6. The number of ether oxygens (including phenoxy) is 3. The van der Waals surface area contributed by atoms with Gasteiger partial charge in [0.2, 0.25) is 12.7 Å². The number of urea groups is 1. The molecular weight excluding hydrogens is 638 g/mol. The molecule has 1 fully saturated rings. The normalized spacial score (nSPS) is 15.0. The van der Waals surface area contributed by atoms with Crippen LogP contribution in [0.2, 0.25) is 0 Å². The summed E-state index contributed by atoms with van der Waals surface area (Å²) in [4.78, 5) is 31.8. The Balaban J connectivity index is 1.39. The molecule has 1 N–H and O–H groups in total. The van der Waals surface area contributed by atoms with Crippen molar-refractivity contribution in [2.24, 2.45) is 0 Å². The first-order valence-corrected chi connectivity index (χ1v) is 14.6. The van der Waals surface area contributed by atoms with Crippen LogP contribution in [0, 0.1) is 6.92 Å². The summed E-state index contributed by atoms with van der Waals surface area (Å²) in [7, 11) is 0. The van der Waals surface area contributed by atoms with Gasteiger partial charge in [0, 0.05) is 38.4 Å². The number of nitrogens with zero attached hydrogens (tertiary/aromatic N) is 3. The minimum atomic E-state index is -5.11. The number of carbonyl (C=O) groups excluding carboxylic acids is 2. The van der Waals surface area contributed by atoms with E-state index in [-0.39, 0.29) is 39.0 Å². The van der Waals surface area contributed by atoms with Gasteiger partial charge >= 0.3 is 18.4 Å². The molecule has 0 radical (unpaired) electrons. The number of aryl methyl sites for hydroxylation is 1. The van der Waals surface area contributed by atoms with Gasteiger partial charge in [0.1, 0.15) is 18.1 Å². The Bertz CT molecular complexity index is 1540. The Morgan fingerprint density at radius 2 is 1.53 bits per heavy atom. The lowest BCUT2D eigenvalue weighted by Gasteiger charge is -2.31. The molecule has 0 aliphatic carbocycles. The van der Waals surface area contributed by atoms with E-state index in [0.29, 0.717) is 67.0 Å². The van der Waals surface area contributed by atoms with Crippen LogP contribution in [0.4, 0.5) is 36.8 Å². The zero-order valence-electron chi connectivity index (χ0n) is 25.2. The van der Waals surface area contributed by atoms with E-state index in [1.807, 2.05) is 4.90 Å². The standard InChI is InChI=1S/C31H32F6N4O6/c1-20-2-4-25(47-20)17-41(16-21-3-5-26-27(12-21)46-19-45-26)28(42)18-40(7-6-39-8-10-44-11-9-39)29(43)38-24-14-22(30(32,33)34)13-23(15-24)31(35,36)37/h2-5,12-15H,6-11,16-19H2,1H3,(H,38,43). The number of morpholine rings is 1. The molecule has 3 amide bonds. The highest BCUT2D eigenvalue weighted by molar-refractivity contribution is 5.92. The average Bonchev–Trinajstić information content (AvgIpc) is 3.66. The first-order valence-electron chi connectivity index (χ1n) is 14.6. The van der Waals surface area contributed by atoms with Crippen LogP contribution in [0.3, 0.4) is 0 Å². The Labute approximate surface area is 265 Å². The molecule has 0 bridgehead atoms. The minimum Gasteiger partial charge on any atom is -0.464 e. The molecule has 0 unspecified atom stereocenters. The van der Waals surface area contributed by atoms with E-state index >= 15 is 0 Å². The molecule has 0 saturated carbocycles. The maximum atomic E-state index is 13.9. The monoisotopic (exact) mass is 670 g/mol. The summed E-state index contributed by atoms with van der Waals surface area (Å²) >= 11 is 0. The van der Waals surface area contributed by atoms with E-state index in [0.717, 1.165) is 4.90 Å². The minimum absolute atomic E-state index is 0.0165. The van der Waals surface area contributed by atoms with E-state index in [2.05, 4.69) is 5.32 Å². The third kappa shape index (κ3) is 9.10. The van der Waals surface area contributed by atoms with Gasteiger partial charge in [0.05, 0.1) is 30.9 Å². The highest BCUT2D eigenvalue weighted by Gasteiger charge is 2.37. The van der Waals surface area contributed by atoms with Crippen LogP contribution < -0.4 is 14.8 Å². The van der Waals surface area contributed by atoms with Crippen molar-refractivity contribution < 1.29 is 54.6 Å². The lowest BCUT2D eigenvalue weighted by molar-refractivity contribution is -0.143. The molecule has 0 atom stereocenters. The summed E-state index contributed by atoms with van der Waals surface area (Å²) in [5.41, 5.74) is -3.20. The number of anilines is 1. The van der Waals surface area contributed by atoms with Crippen molar-refractivity contribution in [2.45, 2.75) is 32.4 Å². The number of rotatable bonds is 10. The largest absolute Gasteiger partial charge is 0.464 e. The predicted molar refractivity (Wildman–Crippen MR) is 155 cm³/mol. The number of amides is 3. The lowest BCUT2D eigenvalue weighted by Crippen LogP contribution is -2.48. The van der Waals surface area contributed by atoms with E-state index in [1.165, 1.54) is 4.90 Å².